The number of piperidine rings is 1. The topological polar surface area (TPSA) is 61.9 Å². The summed E-state index contributed by atoms with van der Waals surface area (Å²) in [4.78, 5) is 0. The van der Waals surface area contributed by atoms with Crippen LogP contribution in [0.4, 0.5) is 0 Å². The highest BCUT2D eigenvalue weighted by molar-refractivity contribution is 7.86. The molecule has 1 heterocycles. The van der Waals surface area contributed by atoms with Crippen molar-refractivity contribution in [3.05, 3.63) is 0 Å². The molecule has 0 aromatic carbocycles. The van der Waals surface area contributed by atoms with Crippen LogP contribution in [0.1, 0.15) is 25.7 Å². The zero-order valence-corrected chi connectivity index (χ0v) is 14.1. The summed E-state index contributed by atoms with van der Waals surface area (Å²) in [6, 6.07) is 0. The molecule has 1 atom stereocenters. The molecular formula is C14H29N3O3S. The second kappa shape index (κ2) is 7.87. The highest BCUT2D eigenvalue weighted by atomic mass is 32.2. The van der Waals surface area contributed by atoms with Crippen LogP contribution in [0.25, 0.3) is 0 Å². The van der Waals surface area contributed by atoms with Crippen LogP contribution in [0.2, 0.25) is 0 Å². The van der Waals surface area contributed by atoms with Gasteiger partial charge in [-0.1, -0.05) is 0 Å². The fourth-order valence-electron chi connectivity index (χ4n) is 2.73. The predicted octanol–water partition coefficient (Wildman–Crippen LogP) is 0.521. The molecule has 0 radical (unpaired) electrons. The summed E-state index contributed by atoms with van der Waals surface area (Å²) in [5, 5.41) is 3.14. The van der Waals surface area contributed by atoms with Gasteiger partial charge in [0.25, 0.3) is 10.2 Å². The fraction of sp³-hybridized carbons (Fsp3) is 1.00. The standard InChI is InChI=1S/C14H29N3O3S/c1-15-10-14-4-3-7-17(11-14)21(18,19)16(2)8-9-20-12-13-5-6-13/h13-15H,3-12H2,1-2H3. The molecule has 1 aliphatic carbocycles. The van der Waals surface area contributed by atoms with E-state index in [1.165, 1.54) is 17.1 Å². The van der Waals surface area contributed by atoms with E-state index >= 15 is 0 Å². The van der Waals surface area contributed by atoms with Gasteiger partial charge in [-0.05, 0) is 51.1 Å². The van der Waals surface area contributed by atoms with E-state index in [4.69, 9.17) is 4.74 Å². The number of hydrogen-bond acceptors (Lipinski definition) is 4. The maximum atomic E-state index is 12.6. The van der Waals surface area contributed by atoms with Crippen molar-refractivity contribution in [3.63, 3.8) is 0 Å². The van der Waals surface area contributed by atoms with Crippen LogP contribution in [0, 0.1) is 11.8 Å². The third kappa shape index (κ3) is 5.17. The van der Waals surface area contributed by atoms with Gasteiger partial charge in [0.05, 0.1) is 6.61 Å². The molecular weight excluding hydrogens is 290 g/mol. The predicted molar refractivity (Wildman–Crippen MR) is 83.3 cm³/mol. The number of nitrogens with zero attached hydrogens (tertiary/aromatic N) is 2. The Morgan fingerprint density at radius 1 is 1.29 bits per heavy atom. The summed E-state index contributed by atoms with van der Waals surface area (Å²) in [5.74, 6) is 1.13. The number of hydrogen-bond donors (Lipinski definition) is 1. The largest absolute Gasteiger partial charge is 0.380 e. The molecule has 124 valence electrons. The van der Waals surface area contributed by atoms with Crippen molar-refractivity contribution >= 4 is 10.2 Å². The zero-order valence-electron chi connectivity index (χ0n) is 13.3. The number of likely N-dealkylation sites (N-methyl/N-ethyl adjacent to an activating group) is 1. The van der Waals surface area contributed by atoms with E-state index in [1.807, 2.05) is 7.05 Å². The fourth-order valence-corrected chi connectivity index (χ4v) is 4.19. The minimum atomic E-state index is -3.34. The minimum absolute atomic E-state index is 0.415. The van der Waals surface area contributed by atoms with Gasteiger partial charge in [-0.2, -0.15) is 17.0 Å². The molecule has 21 heavy (non-hydrogen) atoms. The van der Waals surface area contributed by atoms with Gasteiger partial charge in [0.2, 0.25) is 0 Å². The lowest BCUT2D eigenvalue weighted by Crippen LogP contribution is -2.48. The van der Waals surface area contributed by atoms with Crippen LogP contribution < -0.4 is 5.32 Å². The van der Waals surface area contributed by atoms with Gasteiger partial charge in [-0.15, -0.1) is 0 Å². The maximum absolute atomic E-state index is 12.6. The second-order valence-electron chi connectivity index (χ2n) is 6.27. The molecule has 2 fully saturated rings. The molecule has 2 rings (SSSR count). The van der Waals surface area contributed by atoms with Crippen molar-refractivity contribution in [3.8, 4) is 0 Å². The van der Waals surface area contributed by atoms with Gasteiger partial charge in [-0.25, -0.2) is 0 Å². The SMILES string of the molecule is CNCC1CCCN(S(=O)(=O)N(C)CCOCC2CC2)C1. The van der Waals surface area contributed by atoms with Crippen molar-refractivity contribution in [1.29, 1.82) is 0 Å². The summed E-state index contributed by atoms with van der Waals surface area (Å²) < 4.78 is 33.7. The number of ether oxygens (including phenoxy) is 1. The Morgan fingerprint density at radius 3 is 2.71 bits per heavy atom. The van der Waals surface area contributed by atoms with E-state index in [1.54, 1.807) is 11.4 Å². The highest BCUT2D eigenvalue weighted by Gasteiger charge is 2.31. The average Bonchev–Trinajstić information content (AvgIpc) is 3.28. The molecule has 0 aromatic heterocycles. The molecule has 0 amide bonds. The van der Waals surface area contributed by atoms with Crippen LogP contribution in [-0.4, -0.2) is 70.5 Å². The average molecular weight is 319 g/mol. The molecule has 2 aliphatic rings. The third-order valence-corrected chi connectivity index (χ3v) is 6.25. The number of nitrogens with one attached hydrogen (secondary N) is 1. The third-order valence-electron chi connectivity index (χ3n) is 4.30. The Kier molecular flexibility index (Phi) is 6.43. The Labute approximate surface area is 129 Å². The molecule has 6 nitrogen and oxygen atoms in total. The smallest absolute Gasteiger partial charge is 0.281 e. The molecule has 1 N–H and O–H groups in total. The molecule has 1 aliphatic heterocycles. The Morgan fingerprint density at radius 2 is 2.05 bits per heavy atom. The lowest BCUT2D eigenvalue weighted by Gasteiger charge is -2.34. The van der Waals surface area contributed by atoms with Crippen molar-refractivity contribution in [1.82, 2.24) is 13.9 Å². The lowest BCUT2D eigenvalue weighted by molar-refractivity contribution is 0.115. The Hall–Kier alpha value is -0.210. The molecule has 0 aromatic rings. The van der Waals surface area contributed by atoms with E-state index < -0.39 is 10.2 Å². The Balaban J connectivity index is 1.77. The van der Waals surface area contributed by atoms with Crippen molar-refractivity contribution in [2.45, 2.75) is 25.7 Å². The maximum Gasteiger partial charge on any atom is 0.281 e. The summed E-state index contributed by atoms with van der Waals surface area (Å²) >= 11 is 0. The van der Waals surface area contributed by atoms with E-state index in [2.05, 4.69) is 5.32 Å². The molecule has 1 saturated heterocycles. The lowest BCUT2D eigenvalue weighted by atomic mass is 10.00. The monoisotopic (exact) mass is 319 g/mol. The first-order valence-electron chi connectivity index (χ1n) is 7.97. The first-order chi connectivity index (χ1) is 10.0. The van der Waals surface area contributed by atoms with Gasteiger partial charge in [-0.3, -0.25) is 0 Å². The van der Waals surface area contributed by atoms with Crippen molar-refractivity contribution in [2.75, 3.05) is 53.5 Å². The second-order valence-corrected chi connectivity index (χ2v) is 8.31. The van der Waals surface area contributed by atoms with Gasteiger partial charge in [0.15, 0.2) is 0 Å². The molecule has 0 spiro atoms. The highest BCUT2D eigenvalue weighted by Crippen LogP contribution is 2.28. The van der Waals surface area contributed by atoms with Crippen LogP contribution in [0.3, 0.4) is 0 Å². The van der Waals surface area contributed by atoms with Gasteiger partial charge in [0, 0.05) is 33.3 Å². The van der Waals surface area contributed by atoms with Crippen LogP contribution in [0.5, 0.6) is 0 Å². The van der Waals surface area contributed by atoms with E-state index in [0.717, 1.165) is 31.9 Å². The Bertz CT molecular complexity index is 410. The van der Waals surface area contributed by atoms with E-state index in [-0.39, 0.29) is 0 Å². The normalized spacial score (nSPS) is 24.6. The van der Waals surface area contributed by atoms with Crippen molar-refractivity contribution in [2.24, 2.45) is 11.8 Å². The van der Waals surface area contributed by atoms with Crippen LogP contribution >= 0.6 is 0 Å². The van der Waals surface area contributed by atoms with E-state index in [0.29, 0.717) is 32.2 Å². The molecule has 1 saturated carbocycles. The van der Waals surface area contributed by atoms with Crippen LogP contribution in [0.15, 0.2) is 0 Å². The minimum Gasteiger partial charge on any atom is -0.380 e. The molecule has 0 bridgehead atoms. The van der Waals surface area contributed by atoms with Gasteiger partial charge >= 0.3 is 0 Å². The summed E-state index contributed by atoms with van der Waals surface area (Å²) in [5.41, 5.74) is 0. The summed E-state index contributed by atoms with van der Waals surface area (Å²) in [6.45, 7) is 3.83. The first kappa shape index (κ1) is 17.1. The zero-order chi connectivity index (χ0) is 15.3. The summed E-state index contributed by atoms with van der Waals surface area (Å²) in [6.07, 6.45) is 4.56. The van der Waals surface area contributed by atoms with E-state index in [9.17, 15) is 8.42 Å². The quantitative estimate of drug-likeness (QED) is 0.630. The first-order valence-corrected chi connectivity index (χ1v) is 9.37. The molecule has 1 unspecified atom stereocenters. The summed E-state index contributed by atoms with van der Waals surface area (Å²) in [7, 11) is 0.224. The number of rotatable bonds is 9. The molecule has 7 heteroatoms. The van der Waals surface area contributed by atoms with Crippen molar-refractivity contribution < 1.29 is 13.2 Å². The van der Waals surface area contributed by atoms with Gasteiger partial charge < -0.3 is 10.1 Å². The van der Waals surface area contributed by atoms with Gasteiger partial charge in [0.1, 0.15) is 0 Å². The van der Waals surface area contributed by atoms with Crippen LogP contribution in [-0.2, 0) is 14.9 Å².